The monoisotopic (exact) mass is 323 g/mol. The second-order valence-electron chi connectivity index (χ2n) is 4.98. The molecule has 8 heteroatoms. The number of aromatic nitrogens is 2. The summed E-state index contributed by atoms with van der Waals surface area (Å²) in [6, 6.07) is 7.08. The number of imidazole rings is 1. The Hall–Kier alpha value is -2.06. The lowest BCUT2D eigenvalue weighted by Crippen LogP contribution is -2.36. The average molecular weight is 323 g/mol. The van der Waals surface area contributed by atoms with Gasteiger partial charge in [0.05, 0.1) is 25.2 Å². The zero-order chi connectivity index (χ0) is 15.6. The van der Waals surface area contributed by atoms with Crippen molar-refractivity contribution in [2.45, 2.75) is 5.03 Å². The molecule has 2 heterocycles. The summed E-state index contributed by atoms with van der Waals surface area (Å²) in [6.45, 7) is 2.62. The summed E-state index contributed by atoms with van der Waals surface area (Å²) in [5, 5.41) is -0.105. The number of ether oxygens (including phenoxy) is 1. The highest BCUT2D eigenvalue weighted by Gasteiger charge is 2.23. The number of hydrogen-bond donors (Lipinski definition) is 0. The predicted molar refractivity (Wildman–Crippen MR) is 80.5 cm³/mol. The van der Waals surface area contributed by atoms with Gasteiger partial charge in [0.1, 0.15) is 0 Å². The van der Waals surface area contributed by atoms with Crippen molar-refractivity contribution >= 4 is 15.8 Å². The van der Waals surface area contributed by atoms with Crippen LogP contribution < -0.4 is 9.08 Å². The van der Waals surface area contributed by atoms with E-state index in [0.717, 1.165) is 5.69 Å². The quantitative estimate of drug-likeness (QED) is 0.782. The number of benzene rings is 1. The highest BCUT2D eigenvalue weighted by Crippen LogP contribution is 2.30. The molecule has 7 nitrogen and oxygen atoms in total. The predicted octanol–water partition coefficient (Wildman–Crippen LogP) is 1.02. The van der Waals surface area contributed by atoms with E-state index in [4.69, 9.17) is 8.92 Å². The van der Waals surface area contributed by atoms with Gasteiger partial charge in [0, 0.05) is 26.3 Å². The van der Waals surface area contributed by atoms with E-state index < -0.39 is 10.1 Å². The molecule has 0 spiro atoms. The maximum atomic E-state index is 12.3. The van der Waals surface area contributed by atoms with Crippen LogP contribution >= 0.6 is 0 Å². The molecule has 1 aliphatic heterocycles. The second kappa shape index (κ2) is 5.98. The maximum absolute atomic E-state index is 12.3. The fourth-order valence-corrected chi connectivity index (χ4v) is 3.21. The van der Waals surface area contributed by atoms with Crippen LogP contribution in [0.2, 0.25) is 0 Å². The summed E-state index contributed by atoms with van der Waals surface area (Å²) in [6.07, 6.45) is 2.83. The molecule has 0 N–H and O–H groups in total. The van der Waals surface area contributed by atoms with Crippen LogP contribution in [0.15, 0.2) is 41.8 Å². The van der Waals surface area contributed by atoms with Crippen LogP contribution in [0.3, 0.4) is 0 Å². The smallest absolute Gasteiger partial charge is 0.358 e. The third-order valence-electron chi connectivity index (χ3n) is 3.35. The number of anilines is 1. The summed E-state index contributed by atoms with van der Waals surface area (Å²) in [7, 11) is -2.24. The van der Waals surface area contributed by atoms with Gasteiger partial charge in [-0.2, -0.15) is 8.42 Å². The van der Waals surface area contributed by atoms with E-state index in [0.29, 0.717) is 32.1 Å². The molecule has 1 aromatic heterocycles. The van der Waals surface area contributed by atoms with Crippen molar-refractivity contribution in [2.24, 2.45) is 7.05 Å². The number of aryl methyl sites for hydroxylation is 1. The largest absolute Gasteiger partial charge is 0.378 e. The molecule has 1 aromatic carbocycles. The lowest BCUT2D eigenvalue weighted by Gasteiger charge is -2.29. The molecule has 118 valence electrons. The van der Waals surface area contributed by atoms with Crippen LogP contribution in [0.25, 0.3) is 0 Å². The minimum absolute atomic E-state index is 0.105. The number of hydrogen-bond acceptors (Lipinski definition) is 6. The first-order valence-corrected chi connectivity index (χ1v) is 8.31. The lowest BCUT2D eigenvalue weighted by molar-refractivity contribution is 0.122. The van der Waals surface area contributed by atoms with Crippen molar-refractivity contribution in [2.75, 3.05) is 31.2 Å². The Balaban J connectivity index is 1.89. The van der Waals surface area contributed by atoms with Crippen molar-refractivity contribution in [3.8, 4) is 5.75 Å². The summed E-state index contributed by atoms with van der Waals surface area (Å²) in [5.41, 5.74) is 0.741. The van der Waals surface area contributed by atoms with Crippen LogP contribution in [-0.2, 0) is 21.9 Å². The van der Waals surface area contributed by atoms with Gasteiger partial charge in [-0.05, 0) is 12.1 Å². The Bertz CT molecular complexity index is 751. The van der Waals surface area contributed by atoms with Gasteiger partial charge < -0.3 is 18.4 Å². The van der Waals surface area contributed by atoms with Gasteiger partial charge in [0.15, 0.2) is 5.75 Å². The zero-order valence-electron chi connectivity index (χ0n) is 12.2. The van der Waals surface area contributed by atoms with E-state index >= 15 is 0 Å². The van der Waals surface area contributed by atoms with Crippen LogP contribution in [0, 0.1) is 0 Å². The van der Waals surface area contributed by atoms with E-state index in [1.54, 1.807) is 23.7 Å². The molecule has 1 saturated heterocycles. The molecule has 0 saturated carbocycles. The first-order chi connectivity index (χ1) is 10.6. The number of para-hydroxylation sites is 2. The van der Waals surface area contributed by atoms with Crippen molar-refractivity contribution < 1.29 is 17.3 Å². The van der Waals surface area contributed by atoms with Gasteiger partial charge in [-0.15, -0.1) is 0 Å². The molecule has 0 aliphatic carbocycles. The van der Waals surface area contributed by atoms with Gasteiger partial charge >= 0.3 is 10.1 Å². The summed E-state index contributed by atoms with van der Waals surface area (Å²) in [5.74, 6) is 0.301. The van der Waals surface area contributed by atoms with E-state index in [1.165, 1.54) is 12.5 Å². The van der Waals surface area contributed by atoms with Crippen LogP contribution in [0.5, 0.6) is 5.75 Å². The fourth-order valence-electron chi connectivity index (χ4n) is 2.27. The Morgan fingerprint density at radius 3 is 2.64 bits per heavy atom. The van der Waals surface area contributed by atoms with E-state index in [9.17, 15) is 8.42 Å². The average Bonchev–Trinajstić information content (AvgIpc) is 2.96. The second-order valence-corrected chi connectivity index (χ2v) is 6.48. The highest BCUT2D eigenvalue weighted by atomic mass is 32.2. The molecule has 0 unspecified atom stereocenters. The molecular formula is C14H17N3O4S. The molecule has 0 bridgehead atoms. The molecule has 22 heavy (non-hydrogen) atoms. The molecule has 3 rings (SSSR count). The topological polar surface area (TPSA) is 73.7 Å². The normalized spacial score (nSPS) is 15.8. The standard InChI is InChI=1S/C14H17N3O4S/c1-16-10-14(15-11-16)22(18,19)21-13-5-3-2-4-12(13)17-6-8-20-9-7-17/h2-5,10-11H,6-9H2,1H3. The minimum Gasteiger partial charge on any atom is -0.378 e. The number of morpholine rings is 1. The Morgan fingerprint density at radius 2 is 1.95 bits per heavy atom. The molecule has 0 amide bonds. The van der Waals surface area contributed by atoms with Crippen LogP contribution in [0.1, 0.15) is 0 Å². The molecule has 2 aromatic rings. The van der Waals surface area contributed by atoms with Crippen LogP contribution in [0.4, 0.5) is 5.69 Å². The summed E-state index contributed by atoms with van der Waals surface area (Å²) >= 11 is 0. The molecular weight excluding hydrogens is 306 g/mol. The third kappa shape index (κ3) is 3.07. The van der Waals surface area contributed by atoms with Crippen molar-refractivity contribution in [3.05, 3.63) is 36.8 Å². The minimum atomic E-state index is -3.94. The van der Waals surface area contributed by atoms with Gasteiger partial charge in [-0.25, -0.2) is 4.98 Å². The number of rotatable bonds is 4. The van der Waals surface area contributed by atoms with Gasteiger partial charge in [0.25, 0.3) is 0 Å². The first kappa shape index (κ1) is 14.9. The fraction of sp³-hybridized carbons (Fsp3) is 0.357. The van der Waals surface area contributed by atoms with Crippen molar-refractivity contribution in [1.29, 1.82) is 0 Å². The van der Waals surface area contributed by atoms with Gasteiger partial charge in [0.2, 0.25) is 5.03 Å². The maximum Gasteiger partial charge on any atom is 0.358 e. The highest BCUT2D eigenvalue weighted by molar-refractivity contribution is 7.87. The molecule has 0 atom stereocenters. The van der Waals surface area contributed by atoms with Crippen molar-refractivity contribution in [1.82, 2.24) is 9.55 Å². The third-order valence-corrected chi connectivity index (χ3v) is 4.48. The number of nitrogens with zero attached hydrogens (tertiary/aromatic N) is 3. The van der Waals surface area contributed by atoms with Gasteiger partial charge in [-0.1, -0.05) is 12.1 Å². The summed E-state index contributed by atoms with van der Waals surface area (Å²) < 4.78 is 36.8. The molecule has 1 fully saturated rings. The zero-order valence-corrected chi connectivity index (χ0v) is 13.0. The Morgan fingerprint density at radius 1 is 1.23 bits per heavy atom. The molecule has 1 aliphatic rings. The van der Waals surface area contributed by atoms with E-state index in [1.807, 2.05) is 17.0 Å². The summed E-state index contributed by atoms with van der Waals surface area (Å²) in [4.78, 5) is 5.89. The van der Waals surface area contributed by atoms with Crippen LogP contribution in [-0.4, -0.2) is 44.3 Å². The van der Waals surface area contributed by atoms with E-state index in [2.05, 4.69) is 4.98 Å². The Kier molecular flexibility index (Phi) is 4.04. The van der Waals surface area contributed by atoms with E-state index in [-0.39, 0.29) is 5.03 Å². The SMILES string of the molecule is Cn1cnc(S(=O)(=O)Oc2ccccc2N2CCOCC2)c1. The molecule has 0 radical (unpaired) electrons. The lowest BCUT2D eigenvalue weighted by atomic mass is 10.2. The Labute approximate surface area is 129 Å². The first-order valence-electron chi connectivity index (χ1n) is 6.90. The van der Waals surface area contributed by atoms with Crippen molar-refractivity contribution in [3.63, 3.8) is 0 Å². The van der Waals surface area contributed by atoms with Gasteiger partial charge in [-0.3, -0.25) is 0 Å².